The normalized spacial score (nSPS) is 18.9. The van der Waals surface area contributed by atoms with Crippen molar-refractivity contribution >= 4 is 12.0 Å². The second-order valence-corrected chi connectivity index (χ2v) is 6.07. The van der Waals surface area contributed by atoms with Gasteiger partial charge in [-0.1, -0.05) is 0 Å². The van der Waals surface area contributed by atoms with Crippen LogP contribution in [-0.4, -0.2) is 78.6 Å². The fourth-order valence-corrected chi connectivity index (χ4v) is 2.82. The van der Waals surface area contributed by atoms with E-state index in [-0.39, 0.29) is 18.4 Å². The first-order valence-electron chi connectivity index (χ1n) is 7.84. The van der Waals surface area contributed by atoms with E-state index in [1.807, 2.05) is 30.8 Å². The van der Waals surface area contributed by atoms with Gasteiger partial charge in [0.15, 0.2) is 0 Å². The molecular formula is C15H29N3O3. The van der Waals surface area contributed by atoms with Crippen molar-refractivity contribution < 1.29 is 14.7 Å². The minimum atomic E-state index is -0.771. The number of nitrogens with zero attached hydrogens (tertiary/aromatic N) is 3. The number of carboxylic acid groups (broad SMARTS) is 1. The van der Waals surface area contributed by atoms with Gasteiger partial charge in [0.2, 0.25) is 0 Å². The highest BCUT2D eigenvalue weighted by atomic mass is 16.4. The van der Waals surface area contributed by atoms with Crippen molar-refractivity contribution in [3.8, 4) is 0 Å². The molecule has 1 aliphatic rings. The Balaban J connectivity index is 2.48. The standard InChI is InChI=1S/C15H29N3O3/c1-4-17(10-6-8-16(2)3)15(21)18-9-5-7-13(12-18)11-14(19)20/h13H,4-12H2,1-3H3,(H,19,20). The number of carboxylic acids is 1. The monoisotopic (exact) mass is 299 g/mol. The minimum Gasteiger partial charge on any atom is -0.481 e. The molecule has 1 rings (SSSR count). The summed E-state index contributed by atoms with van der Waals surface area (Å²) in [7, 11) is 4.05. The first-order chi connectivity index (χ1) is 9.93. The molecule has 1 heterocycles. The third-order valence-corrected chi connectivity index (χ3v) is 3.94. The largest absolute Gasteiger partial charge is 0.481 e. The van der Waals surface area contributed by atoms with Crippen LogP contribution in [-0.2, 0) is 4.79 Å². The lowest BCUT2D eigenvalue weighted by molar-refractivity contribution is -0.138. The summed E-state index contributed by atoms with van der Waals surface area (Å²) in [5.74, 6) is -0.673. The van der Waals surface area contributed by atoms with E-state index in [0.717, 1.165) is 38.9 Å². The van der Waals surface area contributed by atoms with Crippen molar-refractivity contribution in [2.24, 2.45) is 5.92 Å². The zero-order valence-electron chi connectivity index (χ0n) is 13.5. The van der Waals surface area contributed by atoms with Crippen LogP contribution in [0.25, 0.3) is 0 Å². The minimum absolute atomic E-state index is 0.0614. The molecule has 0 radical (unpaired) electrons. The molecule has 0 saturated carbocycles. The molecule has 0 aromatic rings. The van der Waals surface area contributed by atoms with Gasteiger partial charge < -0.3 is 19.8 Å². The Morgan fingerprint density at radius 3 is 2.57 bits per heavy atom. The SMILES string of the molecule is CCN(CCCN(C)C)C(=O)N1CCCC(CC(=O)O)C1. The zero-order chi connectivity index (χ0) is 15.8. The maximum absolute atomic E-state index is 12.5. The molecule has 122 valence electrons. The Bertz CT molecular complexity index is 347. The molecular weight excluding hydrogens is 270 g/mol. The lowest BCUT2D eigenvalue weighted by Gasteiger charge is -2.36. The van der Waals surface area contributed by atoms with E-state index in [9.17, 15) is 9.59 Å². The first-order valence-corrected chi connectivity index (χ1v) is 7.84. The fourth-order valence-electron chi connectivity index (χ4n) is 2.82. The third kappa shape index (κ3) is 6.33. The smallest absolute Gasteiger partial charge is 0.319 e. The molecule has 0 aromatic carbocycles. The van der Waals surface area contributed by atoms with E-state index in [1.54, 1.807) is 0 Å². The molecule has 1 saturated heterocycles. The lowest BCUT2D eigenvalue weighted by atomic mass is 9.95. The highest BCUT2D eigenvalue weighted by Gasteiger charge is 2.27. The number of aliphatic carboxylic acids is 1. The predicted octanol–water partition coefficient (Wildman–Crippen LogP) is 1.57. The van der Waals surface area contributed by atoms with Gasteiger partial charge in [-0.15, -0.1) is 0 Å². The van der Waals surface area contributed by atoms with Crippen LogP contribution in [0.15, 0.2) is 0 Å². The topological polar surface area (TPSA) is 64.1 Å². The van der Waals surface area contributed by atoms with Gasteiger partial charge in [0.1, 0.15) is 0 Å². The molecule has 1 N–H and O–H groups in total. The third-order valence-electron chi connectivity index (χ3n) is 3.94. The van der Waals surface area contributed by atoms with Crippen molar-refractivity contribution in [3.63, 3.8) is 0 Å². The van der Waals surface area contributed by atoms with E-state index >= 15 is 0 Å². The summed E-state index contributed by atoms with van der Waals surface area (Å²) in [6, 6.07) is 0.0614. The number of piperidine rings is 1. The molecule has 1 aliphatic heterocycles. The van der Waals surface area contributed by atoms with Crippen LogP contribution in [0, 0.1) is 5.92 Å². The van der Waals surface area contributed by atoms with Crippen molar-refractivity contribution in [2.45, 2.75) is 32.6 Å². The summed E-state index contributed by atoms with van der Waals surface area (Å²) < 4.78 is 0. The molecule has 0 bridgehead atoms. The Morgan fingerprint density at radius 2 is 2.00 bits per heavy atom. The predicted molar refractivity (Wildman–Crippen MR) is 82.4 cm³/mol. The van der Waals surface area contributed by atoms with Gasteiger partial charge in [0.25, 0.3) is 0 Å². The molecule has 21 heavy (non-hydrogen) atoms. The van der Waals surface area contributed by atoms with Crippen molar-refractivity contribution in [1.29, 1.82) is 0 Å². The van der Waals surface area contributed by atoms with Gasteiger partial charge in [-0.25, -0.2) is 4.79 Å². The van der Waals surface area contributed by atoms with Gasteiger partial charge in [-0.05, 0) is 52.7 Å². The average molecular weight is 299 g/mol. The van der Waals surface area contributed by atoms with Gasteiger partial charge in [0, 0.05) is 32.6 Å². The summed E-state index contributed by atoms with van der Waals surface area (Å²) in [6.45, 7) is 5.74. The van der Waals surface area contributed by atoms with Gasteiger partial charge >= 0.3 is 12.0 Å². The van der Waals surface area contributed by atoms with E-state index in [1.165, 1.54) is 0 Å². The average Bonchev–Trinajstić information content (AvgIpc) is 2.42. The van der Waals surface area contributed by atoms with E-state index < -0.39 is 5.97 Å². The van der Waals surface area contributed by atoms with E-state index in [0.29, 0.717) is 13.1 Å². The fraction of sp³-hybridized carbons (Fsp3) is 0.867. The lowest BCUT2D eigenvalue weighted by Crippen LogP contribution is -2.48. The van der Waals surface area contributed by atoms with Crippen LogP contribution in [0.1, 0.15) is 32.6 Å². The van der Waals surface area contributed by atoms with Crippen molar-refractivity contribution in [3.05, 3.63) is 0 Å². The summed E-state index contributed by atoms with van der Waals surface area (Å²) in [6.07, 6.45) is 2.93. The number of hydrogen-bond acceptors (Lipinski definition) is 3. The Morgan fingerprint density at radius 1 is 1.29 bits per heavy atom. The van der Waals surface area contributed by atoms with Gasteiger partial charge in [-0.3, -0.25) is 4.79 Å². The first kappa shape index (κ1) is 17.8. The molecule has 0 aromatic heterocycles. The van der Waals surface area contributed by atoms with Gasteiger partial charge in [0.05, 0.1) is 0 Å². The Hall–Kier alpha value is -1.30. The number of amides is 2. The second-order valence-electron chi connectivity index (χ2n) is 6.07. The quantitative estimate of drug-likeness (QED) is 0.775. The van der Waals surface area contributed by atoms with Crippen LogP contribution in [0.2, 0.25) is 0 Å². The number of carbonyl (C=O) groups excluding carboxylic acids is 1. The molecule has 2 amide bonds. The number of hydrogen-bond donors (Lipinski definition) is 1. The number of urea groups is 1. The zero-order valence-corrected chi connectivity index (χ0v) is 13.5. The van der Waals surface area contributed by atoms with Crippen LogP contribution < -0.4 is 0 Å². The Labute approximate surface area is 127 Å². The van der Waals surface area contributed by atoms with Gasteiger partial charge in [-0.2, -0.15) is 0 Å². The molecule has 1 fully saturated rings. The molecule has 1 atom stereocenters. The van der Waals surface area contributed by atoms with Crippen LogP contribution >= 0.6 is 0 Å². The van der Waals surface area contributed by atoms with Crippen LogP contribution in [0.4, 0.5) is 4.79 Å². The van der Waals surface area contributed by atoms with Crippen LogP contribution in [0.5, 0.6) is 0 Å². The molecule has 6 nitrogen and oxygen atoms in total. The van der Waals surface area contributed by atoms with Crippen LogP contribution in [0.3, 0.4) is 0 Å². The highest BCUT2D eigenvalue weighted by Crippen LogP contribution is 2.20. The highest BCUT2D eigenvalue weighted by molar-refractivity contribution is 5.74. The van der Waals surface area contributed by atoms with E-state index in [2.05, 4.69) is 4.90 Å². The maximum atomic E-state index is 12.5. The van der Waals surface area contributed by atoms with Crippen molar-refractivity contribution in [1.82, 2.24) is 14.7 Å². The molecule has 0 spiro atoms. The summed E-state index contributed by atoms with van der Waals surface area (Å²) in [5, 5.41) is 8.90. The summed E-state index contributed by atoms with van der Waals surface area (Å²) in [4.78, 5) is 29.2. The maximum Gasteiger partial charge on any atom is 0.319 e. The second kappa shape index (κ2) is 8.87. The Kier molecular flexibility index (Phi) is 7.50. The molecule has 0 aliphatic carbocycles. The van der Waals surface area contributed by atoms with E-state index in [4.69, 9.17) is 5.11 Å². The molecule has 6 heteroatoms. The number of rotatable bonds is 7. The summed E-state index contributed by atoms with van der Waals surface area (Å²) in [5.41, 5.74) is 0. The van der Waals surface area contributed by atoms with Crippen molar-refractivity contribution in [2.75, 3.05) is 46.8 Å². The number of likely N-dealkylation sites (tertiary alicyclic amines) is 1. The number of carbonyl (C=O) groups is 2. The molecule has 1 unspecified atom stereocenters. The summed E-state index contributed by atoms with van der Waals surface area (Å²) >= 11 is 0.